The average Bonchev–Trinajstić information content (AvgIpc) is 2.31. The maximum absolute atomic E-state index is 8.27. The van der Waals surface area contributed by atoms with Crippen LogP contribution in [0.15, 0.2) is 50.8 Å². The summed E-state index contributed by atoms with van der Waals surface area (Å²) < 4.78 is 0. The molecule has 1 aromatic rings. The number of hydrogen-bond donors (Lipinski definition) is 2. The predicted octanol–water partition coefficient (Wildman–Crippen LogP) is 1.38. The van der Waals surface area contributed by atoms with Crippen LogP contribution in [0, 0.1) is 0 Å². The van der Waals surface area contributed by atoms with Gasteiger partial charge in [-0.2, -0.15) is 5.10 Å². The van der Waals surface area contributed by atoms with Crippen molar-refractivity contribution in [2.45, 2.75) is 0 Å². The van der Waals surface area contributed by atoms with Crippen molar-refractivity contribution in [2.75, 3.05) is 0 Å². The van der Waals surface area contributed by atoms with Crippen molar-refractivity contribution in [1.29, 1.82) is 0 Å². The van der Waals surface area contributed by atoms with Crippen LogP contribution in [0.25, 0.3) is 0 Å². The van der Waals surface area contributed by atoms with Gasteiger partial charge in [0.05, 0.1) is 18.6 Å². The number of hydrogen-bond acceptors (Lipinski definition) is 6. The van der Waals surface area contributed by atoms with E-state index in [4.69, 9.17) is 10.4 Å². The van der Waals surface area contributed by atoms with Crippen LogP contribution in [0.4, 0.5) is 0 Å². The van der Waals surface area contributed by atoms with Crippen molar-refractivity contribution in [1.82, 2.24) is 0 Å². The number of benzene rings is 1. The highest BCUT2D eigenvalue weighted by atomic mass is 16.4. The van der Waals surface area contributed by atoms with Gasteiger partial charge in [-0.25, -0.2) is 0 Å². The number of oxime groups is 2. The van der Waals surface area contributed by atoms with Crippen LogP contribution in [0.1, 0.15) is 5.56 Å². The summed E-state index contributed by atoms with van der Waals surface area (Å²) in [5, 5.41) is 29.4. The number of nitrogens with zero attached hydrogens (tertiary/aromatic N) is 4. The summed E-state index contributed by atoms with van der Waals surface area (Å²) in [6.07, 6.45) is 3.53. The molecule has 0 saturated heterocycles. The Kier molecular flexibility index (Phi) is 4.98. The molecule has 0 aromatic heterocycles. The summed E-state index contributed by atoms with van der Waals surface area (Å²) in [4.78, 5) is 0. The monoisotopic (exact) mass is 218 g/mol. The largest absolute Gasteiger partial charge is 0.411 e. The summed E-state index contributed by atoms with van der Waals surface area (Å²) in [7, 11) is 0. The van der Waals surface area contributed by atoms with Gasteiger partial charge in [0.25, 0.3) is 0 Å². The molecule has 0 fully saturated rings. The van der Waals surface area contributed by atoms with Gasteiger partial charge in [-0.05, 0) is 5.56 Å². The smallest absolute Gasteiger partial charge is 0.129 e. The molecule has 0 aliphatic rings. The molecule has 0 heterocycles. The van der Waals surface area contributed by atoms with E-state index < -0.39 is 0 Å². The van der Waals surface area contributed by atoms with Crippen molar-refractivity contribution in [3.8, 4) is 0 Å². The zero-order valence-corrected chi connectivity index (χ0v) is 8.30. The second-order valence-electron chi connectivity index (χ2n) is 2.67. The maximum atomic E-state index is 8.27. The van der Waals surface area contributed by atoms with Crippen LogP contribution in [-0.2, 0) is 0 Å². The predicted molar refractivity (Wildman–Crippen MR) is 62.0 cm³/mol. The summed E-state index contributed by atoms with van der Waals surface area (Å²) in [6.45, 7) is 0. The molecule has 6 nitrogen and oxygen atoms in total. The molecule has 82 valence electrons. The molecule has 0 radical (unpaired) electrons. The highest BCUT2D eigenvalue weighted by Crippen LogP contribution is 1.93. The van der Waals surface area contributed by atoms with E-state index in [-0.39, 0.29) is 5.71 Å². The Labute approximate surface area is 91.9 Å². The normalized spacial score (nSPS) is 13.1. The Morgan fingerprint density at radius 3 is 2.19 bits per heavy atom. The molecule has 16 heavy (non-hydrogen) atoms. The van der Waals surface area contributed by atoms with Crippen molar-refractivity contribution in [2.24, 2.45) is 20.5 Å². The molecule has 6 heteroatoms. The fraction of sp³-hybridized carbons (Fsp3) is 0. The molecule has 0 amide bonds. The van der Waals surface area contributed by atoms with E-state index in [0.717, 1.165) is 18.0 Å². The van der Waals surface area contributed by atoms with Gasteiger partial charge in [-0.3, -0.25) is 0 Å². The van der Waals surface area contributed by atoms with Crippen LogP contribution < -0.4 is 0 Å². The lowest BCUT2D eigenvalue weighted by molar-refractivity contribution is 0.321. The Bertz CT molecular complexity index is 410. The topological polar surface area (TPSA) is 89.9 Å². The minimum absolute atomic E-state index is 0.122. The summed E-state index contributed by atoms with van der Waals surface area (Å²) in [5.74, 6) is 0. The van der Waals surface area contributed by atoms with Gasteiger partial charge in [-0.1, -0.05) is 40.6 Å². The van der Waals surface area contributed by atoms with Crippen molar-refractivity contribution < 1.29 is 10.4 Å². The van der Waals surface area contributed by atoms with Crippen LogP contribution in [0.3, 0.4) is 0 Å². The minimum atomic E-state index is 0.122. The lowest BCUT2D eigenvalue weighted by Gasteiger charge is -1.88. The quantitative estimate of drug-likeness (QED) is 0.454. The lowest BCUT2D eigenvalue weighted by atomic mass is 10.2. The molecular formula is C10H10N4O2. The second kappa shape index (κ2) is 6.88. The van der Waals surface area contributed by atoms with Gasteiger partial charge in [0.15, 0.2) is 0 Å². The first kappa shape index (κ1) is 11.6. The first-order valence-electron chi connectivity index (χ1n) is 4.37. The van der Waals surface area contributed by atoms with Crippen molar-refractivity contribution in [3.63, 3.8) is 0 Å². The van der Waals surface area contributed by atoms with Crippen LogP contribution >= 0.6 is 0 Å². The maximum Gasteiger partial charge on any atom is 0.129 e. The Balaban J connectivity index is 2.73. The highest BCUT2D eigenvalue weighted by Gasteiger charge is 1.89. The van der Waals surface area contributed by atoms with E-state index in [1.807, 2.05) is 30.3 Å². The average molecular weight is 218 g/mol. The van der Waals surface area contributed by atoms with Gasteiger partial charge in [0.2, 0.25) is 0 Å². The molecule has 0 bridgehead atoms. The van der Waals surface area contributed by atoms with E-state index >= 15 is 0 Å². The van der Waals surface area contributed by atoms with E-state index in [9.17, 15) is 0 Å². The molecule has 1 rings (SSSR count). The molecule has 0 saturated carbocycles. The van der Waals surface area contributed by atoms with Gasteiger partial charge >= 0.3 is 0 Å². The minimum Gasteiger partial charge on any atom is -0.411 e. The highest BCUT2D eigenvalue weighted by molar-refractivity contribution is 6.55. The molecule has 0 atom stereocenters. The van der Waals surface area contributed by atoms with Gasteiger partial charge in [0, 0.05) is 0 Å². The molecule has 0 aliphatic carbocycles. The third-order valence-corrected chi connectivity index (χ3v) is 1.56. The Morgan fingerprint density at radius 2 is 1.62 bits per heavy atom. The van der Waals surface area contributed by atoms with Crippen molar-refractivity contribution in [3.05, 3.63) is 35.9 Å². The standard InChI is InChI=1S/C10H10N4O2/c15-12-7-10(8-13-16)14-11-6-9-4-2-1-3-5-9/h1-8,15-16H/b11-6?,12-7+,13-8?,14-10?. The van der Waals surface area contributed by atoms with Crippen LogP contribution in [0.2, 0.25) is 0 Å². The first-order valence-corrected chi connectivity index (χ1v) is 4.37. The number of rotatable bonds is 4. The summed E-state index contributed by atoms with van der Waals surface area (Å²) in [5.41, 5.74) is 1.00. The lowest BCUT2D eigenvalue weighted by Crippen LogP contribution is -2.00. The fourth-order valence-corrected chi connectivity index (χ4v) is 0.905. The van der Waals surface area contributed by atoms with E-state index in [0.29, 0.717) is 0 Å². The fourth-order valence-electron chi connectivity index (χ4n) is 0.905. The third kappa shape index (κ3) is 4.14. The van der Waals surface area contributed by atoms with Crippen LogP contribution in [0.5, 0.6) is 0 Å². The summed E-state index contributed by atoms with van der Waals surface area (Å²) in [6, 6.07) is 9.35. The Hall–Kier alpha value is -2.50. The van der Waals surface area contributed by atoms with E-state index in [1.165, 1.54) is 6.21 Å². The van der Waals surface area contributed by atoms with E-state index in [1.54, 1.807) is 0 Å². The van der Waals surface area contributed by atoms with E-state index in [2.05, 4.69) is 20.5 Å². The van der Waals surface area contributed by atoms with Gasteiger partial charge in [0.1, 0.15) is 5.71 Å². The SMILES string of the molecule is ON=CC(/C=N/O)=NN=Cc1ccccc1. The zero-order chi connectivity index (χ0) is 11.6. The zero-order valence-electron chi connectivity index (χ0n) is 8.30. The molecule has 0 aliphatic heterocycles. The third-order valence-electron chi connectivity index (χ3n) is 1.56. The van der Waals surface area contributed by atoms with Crippen molar-refractivity contribution >= 4 is 24.4 Å². The van der Waals surface area contributed by atoms with Crippen LogP contribution in [-0.4, -0.2) is 34.8 Å². The molecule has 1 aromatic carbocycles. The molecule has 0 unspecified atom stereocenters. The van der Waals surface area contributed by atoms with Gasteiger partial charge < -0.3 is 10.4 Å². The molecular weight excluding hydrogens is 208 g/mol. The first-order chi connectivity index (χ1) is 7.86. The second-order valence-corrected chi connectivity index (χ2v) is 2.67. The summed E-state index contributed by atoms with van der Waals surface area (Å²) >= 11 is 0. The molecule has 2 N–H and O–H groups in total. The Morgan fingerprint density at radius 1 is 1.00 bits per heavy atom. The molecule has 0 spiro atoms. The van der Waals surface area contributed by atoms with Gasteiger partial charge in [-0.15, -0.1) is 5.10 Å².